The molecule has 4 aromatic rings. The number of amides is 1. The molecule has 0 saturated carbocycles. The number of halogens is 1. The van der Waals surface area contributed by atoms with Gasteiger partial charge in [-0.3, -0.25) is 4.79 Å². The Labute approximate surface area is 167 Å². The van der Waals surface area contributed by atoms with Crippen LogP contribution in [0.15, 0.2) is 78.9 Å². The van der Waals surface area contributed by atoms with Gasteiger partial charge in [-0.15, -0.1) is 10.2 Å². The Morgan fingerprint density at radius 2 is 1.69 bits per heavy atom. The second kappa shape index (κ2) is 8.48. The first-order chi connectivity index (χ1) is 14.2. The lowest BCUT2D eigenvalue weighted by Crippen LogP contribution is -2.28. The van der Waals surface area contributed by atoms with Crippen molar-refractivity contribution >= 4 is 16.7 Å². The van der Waals surface area contributed by atoms with Gasteiger partial charge in [0.2, 0.25) is 5.88 Å². The van der Waals surface area contributed by atoms with Crippen molar-refractivity contribution in [1.29, 1.82) is 0 Å². The highest BCUT2D eigenvalue weighted by Gasteiger charge is 2.06. The first-order valence-electron chi connectivity index (χ1n) is 9.18. The molecule has 5 nitrogen and oxygen atoms in total. The summed E-state index contributed by atoms with van der Waals surface area (Å²) in [5, 5.41) is 13.0. The van der Waals surface area contributed by atoms with E-state index in [0.717, 1.165) is 16.3 Å². The summed E-state index contributed by atoms with van der Waals surface area (Å²) in [6, 6.07) is 23.0. The SMILES string of the molecule is O=C(NCCOc1ccc(-c2ccc(F)cc2)nn1)c1ccc2ccccc2c1. The van der Waals surface area contributed by atoms with E-state index in [4.69, 9.17) is 4.74 Å². The number of nitrogens with zero attached hydrogens (tertiary/aromatic N) is 2. The fourth-order valence-electron chi connectivity index (χ4n) is 2.92. The summed E-state index contributed by atoms with van der Waals surface area (Å²) in [6.45, 7) is 0.608. The van der Waals surface area contributed by atoms with E-state index < -0.39 is 0 Å². The fraction of sp³-hybridized carbons (Fsp3) is 0.0870. The third-order valence-corrected chi connectivity index (χ3v) is 4.43. The van der Waals surface area contributed by atoms with Gasteiger partial charge in [0.25, 0.3) is 5.91 Å². The second-order valence-corrected chi connectivity index (χ2v) is 6.43. The van der Waals surface area contributed by atoms with Crippen molar-refractivity contribution in [2.75, 3.05) is 13.2 Å². The molecule has 0 aliphatic rings. The number of fused-ring (bicyclic) bond motifs is 1. The van der Waals surface area contributed by atoms with Crippen molar-refractivity contribution in [2.24, 2.45) is 0 Å². The molecule has 29 heavy (non-hydrogen) atoms. The predicted octanol–water partition coefficient (Wildman–Crippen LogP) is 4.24. The molecular weight excluding hydrogens is 369 g/mol. The highest BCUT2D eigenvalue weighted by molar-refractivity contribution is 5.98. The Bertz CT molecular complexity index is 1130. The lowest BCUT2D eigenvalue weighted by Gasteiger charge is -2.08. The lowest BCUT2D eigenvalue weighted by molar-refractivity contribution is 0.0946. The van der Waals surface area contributed by atoms with E-state index in [1.807, 2.05) is 36.4 Å². The number of ether oxygens (including phenoxy) is 1. The molecule has 1 N–H and O–H groups in total. The standard InChI is InChI=1S/C23H18FN3O2/c24-20-9-7-17(8-10-20)21-11-12-22(27-26-21)29-14-13-25-23(28)19-6-5-16-3-1-2-4-18(16)15-19/h1-12,15H,13-14H2,(H,25,28). The molecule has 1 amide bonds. The van der Waals surface area contributed by atoms with Crippen LogP contribution in [0.5, 0.6) is 5.88 Å². The minimum atomic E-state index is -0.299. The minimum Gasteiger partial charge on any atom is -0.475 e. The van der Waals surface area contributed by atoms with Crippen LogP contribution >= 0.6 is 0 Å². The van der Waals surface area contributed by atoms with Gasteiger partial charge in [-0.05, 0) is 53.2 Å². The van der Waals surface area contributed by atoms with E-state index in [1.165, 1.54) is 12.1 Å². The minimum absolute atomic E-state index is 0.155. The molecule has 0 bridgehead atoms. The first-order valence-corrected chi connectivity index (χ1v) is 9.18. The number of carbonyl (C=O) groups is 1. The summed E-state index contributed by atoms with van der Waals surface area (Å²) in [6.07, 6.45) is 0. The van der Waals surface area contributed by atoms with E-state index in [2.05, 4.69) is 15.5 Å². The molecule has 0 saturated heterocycles. The first kappa shape index (κ1) is 18.6. The van der Waals surface area contributed by atoms with Crippen molar-refractivity contribution in [3.63, 3.8) is 0 Å². The number of hydrogen-bond donors (Lipinski definition) is 1. The molecule has 0 aliphatic heterocycles. The van der Waals surface area contributed by atoms with Crippen molar-refractivity contribution in [3.05, 3.63) is 90.2 Å². The summed E-state index contributed by atoms with van der Waals surface area (Å²) in [5.74, 6) is -0.0969. The molecule has 144 valence electrons. The molecule has 0 fully saturated rings. The Morgan fingerprint density at radius 1 is 0.897 bits per heavy atom. The maximum atomic E-state index is 13.0. The predicted molar refractivity (Wildman–Crippen MR) is 109 cm³/mol. The molecule has 0 aliphatic carbocycles. The van der Waals surface area contributed by atoms with Gasteiger partial charge in [0.1, 0.15) is 12.4 Å². The second-order valence-electron chi connectivity index (χ2n) is 6.43. The summed E-state index contributed by atoms with van der Waals surface area (Å²) in [4.78, 5) is 12.3. The van der Waals surface area contributed by atoms with E-state index >= 15 is 0 Å². The van der Waals surface area contributed by atoms with Gasteiger partial charge in [0, 0.05) is 17.2 Å². The van der Waals surface area contributed by atoms with Crippen LogP contribution in [0.25, 0.3) is 22.0 Å². The van der Waals surface area contributed by atoms with E-state index in [-0.39, 0.29) is 18.3 Å². The Morgan fingerprint density at radius 3 is 2.45 bits per heavy atom. The maximum Gasteiger partial charge on any atom is 0.251 e. The van der Waals surface area contributed by atoms with Gasteiger partial charge < -0.3 is 10.1 Å². The van der Waals surface area contributed by atoms with Crippen LogP contribution in [-0.2, 0) is 0 Å². The number of nitrogens with one attached hydrogen (secondary N) is 1. The van der Waals surface area contributed by atoms with Gasteiger partial charge in [-0.1, -0.05) is 30.3 Å². The summed E-state index contributed by atoms with van der Waals surface area (Å²) >= 11 is 0. The quantitative estimate of drug-likeness (QED) is 0.503. The zero-order valence-electron chi connectivity index (χ0n) is 15.5. The summed E-state index contributed by atoms with van der Waals surface area (Å²) in [7, 11) is 0. The number of rotatable bonds is 6. The van der Waals surface area contributed by atoms with E-state index in [0.29, 0.717) is 23.7 Å². The molecule has 3 aromatic carbocycles. The summed E-state index contributed by atoms with van der Waals surface area (Å²) in [5.41, 5.74) is 2.00. The molecule has 0 unspecified atom stereocenters. The molecule has 1 heterocycles. The van der Waals surface area contributed by atoms with Crippen LogP contribution in [-0.4, -0.2) is 29.3 Å². The molecule has 0 atom stereocenters. The highest BCUT2D eigenvalue weighted by atomic mass is 19.1. The lowest BCUT2D eigenvalue weighted by atomic mass is 10.1. The van der Waals surface area contributed by atoms with Gasteiger partial charge in [0.15, 0.2) is 0 Å². The van der Waals surface area contributed by atoms with E-state index in [9.17, 15) is 9.18 Å². The molecule has 6 heteroatoms. The third-order valence-electron chi connectivity index (χ3n) is 4.43. The van der Waals surface area contributed by atoms with Gasteiger partial charge in [-0.2, -0.15) is 0 Å². The van der Waals surface area contributed by atoms with Crippen molar-refractivity contribution in [3.8, 4) is 17.1 Å². The van der Waals surface area contributed by atoms with E-state index in [1.54, 1.807) is 30.3 Å². The molecular formula is C23H18FN3O2. The average molecular weight is 387 g/mol. The number of carbonyl (C=O) groups excluding carboxylic acids is 1. The topological polar surface area (TPSA) is 64.1 Å². The molecule has 0 spiro atoms. The van der Waals surface area contributed by atoms with Crippen LogP contribution in [0.3, 0.4) is 0 Å². The van der Waals surface area contributed by atoms with Crippen LogP contribution in [0.2, 0.25) is 0 Å². The Kier molecular flexibility index (Phi) is 5.42. The molecule has 1 aromatic heterocycles. The average Bonchev–Trinajstić information content (AvgIpc) is 2.77. The smallest absolute Gasteiger partial charge is 0.251 e. The molecule has 4 rings (SSSR count). The maximum absolute atomic E-state index is 13.0. The van der Waals surface area contributed by atoms with Crippen molar-refractivity contribution in [1.82, 2.24) is 15.5 Å². The largest absolute Gasteiger partial charge is 0.475 e. The third kappa shape index (κ3) is 4.55. The summed E-state index contributed by atoms with van der Waals surface area (Å²) < 4.78 is 18.5. The van der Waals surface area contributed by atoms with Crippen LogP contribution in [0, 0.1) is 5.82 Å². The Balaban J connectivity index is 1.28. The zero-order chi connectivity index (χ0) is 20.1. The highest BCUT2D eigenvalue weighted by Crippen LogP contribution is 2.18. The number of hydrogen-bond acceptors (Lipinski definition) is 4. The van der Waals surface area contributed by atoms with Gasteiger partial charge in [-0.25, -0.2) is 4.39 Å². The number of aromatic nitrogens is 2. The Hall–Kier alpha value is -3.80. The molecule has 0 radical (unpaired) electrons. The number of benzene rings is 3. The van der Waals surface area contributed by atoms with Crippen LogP contribution in [0.1, 0.15) is 10.4 Å². The van der Waals surface area contributed by atoms with Gasteiger partial charge in [0.05, 0.1) is 12.2 Å². The van der Waals surface area contributed by atoms with Crippen molar-refractivity contribution < 1.29 is 13.9 Å². The normalized spacial score (nSPS) is 10.7. The monoisotopic (exact) mass is 387 g/mol. The van der Waals surface area contributed by atoms with Crippen molar-refractivity contribution in [2.45, 2.75) is 0 Å². The van der Waals surface area contributed by atoms with Gasteiger partial charge >= 0.3 is 0 Å². The zero-order valence-corrected chi connectivity index (χ0v) is 15.5. The fourth-order valence-corrected chi connectivity index (χ4v) is 2.92. The van der Waals surface area contributed by atoms with Crippen LogP contribution < -0.4 is 10.1 Å². The van der Waals surface area contributed by atoms with Crippen LogP contribution in [0.4, 0.5) is 4.39 Å².